The summed E-state index contributed by atoms with van der Waals surface area (Å²) in [6.07, 6.45) is -4.06. The molecule has 1 aromatic rings. The number of hydrogen-bond acceptors (Lipinski definition) is 4. The predicted molar refractivity (Wildman–Crippen MR) is 67.2 cm³/mol. The van der Waals surface area contributed by atoms with Gasteiger partial charge < -0.3 is 14.2 Å². The fourth-order valence-electron chi connectivity index (χ4n) is 2.32. The van der Waals surface area contributed by atoms with E-state index in [4.69, 9.17) is 9.47 Å². The van der Waals surface area contributed by atoms with Crippen molar-refractivity contribution in [1.29, 1.82) is 0 Å². The summed E-state index contributed by atoms with van der Waals surface area (Å²) in [6, 6.07) is 5.01. The maximum atomic E-state index is 12.6. The molecular weight excluding hydrogens is 289 g/mol. The minimum absolute atomic E-state index is 0.125. The molecule has 1 heterocycles. The molecule has 0 aliphatic carbocycles. The third-order valence-corrected chi connectivity index (χ3v) is 3.43. The number of hydrogen-bond donors (Lipinski definition) is 0. The fraction of sp³-hybridized carbons (Fsp3) is 0.500. The van der Waals surface area contributed by atoms with Gasteiger partial charge in [0, 0.05) is 38.7 Å². The minimum atomic E-state index is -4.79. The van der Waals surface area contributed by atoms with Crippen molar-refractivity contribution in [2.45, 2.75) is 24.8 Å². The zero-order valence-electron chi connectivity index (χ0n) is 11.4. The number of Topliss-reactive ketones (excluding diaryl/α,β-unsaturated/α-hetero) is 1. The molecule has 0 atom stereocenters. The van der Waals surface area contributed by atoms with Gasteiger partial charge >= 0.3 is 6.36 Å². The predicted octanol–water partition coefficient (Wildman–Crippen LogP) is 2.96. The Morgan fingerprint density at radius 3 is 2.52 bits per heavy atom. The molecule has 0 saturated carbocycles. The highest BCUT2D eigenvalue weighted by Crippen LogP contribution is 2.30. The van der Waals surface area contributed by atoms with E-state index in [0.717, 1.165) is 12.1 Å². The van der Waals surface area contributed by atoms with Crippen LogP contribution in [0.4, 0.5) is 13.2 Å². The van der Waals surface area contributed by atoms with Gasteiger partial charge in [-0.05, 0) is 12.1 Å². The molecule has 1 saturated heterocycles. The van der Waals surface area contributed by atoms with Gasteiger partial charge in [0.25, 0.3) is 0 Å². The highest BCUT2D eigenvalue weighted by molar-refractivity contribution is 6.02. The van der Waals surface area contributed by atoms with Gasteiger partial charge in [0.05, 0.1) is 0 Å². The smallest absolute Gasteiger partial charge is 0.406 e. The molecule has 4 nitrogen and oxygen atoms in total. The summed E-state index contributed by atoms with van der Waals surface area (Å²) < 4.78 is 51.0. The monoisotopic (exact) mass is 304 g/mol. The van der Waals surface area contributed by atoms with Crippen LogP contribution in [0.25, 0.3) is 0 Å². The highest BCUT2D eigenvalue weighted by atomic mass is 19.4. The molecule has 1 aliphatic rings. The number of carbonyl (C=O) groups excluding carboxylic acids is 1. The van der Waals surface area contributed by atoms with Gasteiger partial charge in [0.2, 0.25) is 0 Å². The molecule has 1 aromatic carbocycles. The summed E-state index contributed by atoms with van der Waals surface area (Å²) in [5.41, 5.74) is -0.921. The van der Waals surface area contributed by atoms with Crippen molar-refractivity contribution >= 4 is 5.78 Å². The maximum absolute atomic E-state index is 12.6. The zero-order valence-corrected chi connectivity index (χ0v) is 11.4. The molecule has 116 valence electrons. The molecule has 21 heavy (non-hydrogen) atoms. The Kier molecular flexibility index (Phi) is 4.53. The van der Waals surface area contributed by atoms with E-state index < -0.39 is 17.7 Å². The van der Waals surface area contributed by atoms with Crippen molar-refractivity contribution in [3.63, 3.8) is 0 Å². The van der Waals surface area contributed by atoms with Gasteiger partial charge in [-0.15, -0.1) is 13.2 Å². The third-order valence-electron chi connectivity index (χ3n) is 3.43. The summed E-state index contributed by atoms with van der Waals surface area (Å²) in [4.78, 5) is 12.6. The van der Waals surface area contributed by atoms with Crippen molar-refractivity contribution < 1.29 is 32.2 Å². The lowest BCUT2D eigenvalue weighted by atomic mass is 9.85. The molecule has 0 aromatic heterocycles. The molecule has 0 bridgehead atoms. The summed E-state index contributed by atoms with van der Waals surface area (Å²) >= 11 is 0. The third kappa shape index (κ3) is 3.74. The average molecular weight is 304 g/mol. The van der Waals surface area contributed by atoms with Crippen LogP contribution in [0.5, 0.6) is 5.75 Å². The molecular formula is C14H15F3O4. The first-order valence-electron chi connectivity index (χ1n) is 6.40. The van der Waals surface area contributed by atoms with Crippen LogP contribution in [0.2, 0.25) is 0 Å². The van der Waals surface area contributed by atoms with E-state index in [9.17, 15) is 18.0 Å². The van der Waals surface area contributed by atoms with Crippen LogP contribution in [0.15, 0.2) is 24.3 Å². The van der Waals surface area contributed by atoms with Crippen LogP contribution in [-0.2, 0) is 9.47 Å². The van der Waals surface area contributed by atoms with Crippen LogP contribution in [0.1, 0.15) is 23.2 Å². The average Bonchev–Trinajstić information content (AvgIpc) is 2.45. The van der Waals surface area contributed by atoms with E-state index in [-0.39, 0.29) is 11.3 Å². The van der Waals surface area contributed by atoms with E-state index in [1.807, 2.05) is 0 Å². The Balaban J connectivity index is 2.24. The number of halogens is 3. The van der Waals surface area contributed by atoms with Crippen molar-refractivity contribution in [2.24, 2.45) is 0 Å². The standard InChI is InChI=1S/C14H15F3O4/c1-19-13(5-7-20-8-6-13)12(18)10-3-2-4-11(9-10)21-14(15,16)17/h2-4,9H,5-8H2,1H3. The van der Waals surface area contributed by atoms with E-state index in [1.165, 1.54) is 19.2 Å². The number of methoxy groups -OCH3 is 1. The number of ketones is 1. The molecule has 7 heteroatoms. The Bertz CT molecular complexity index is 507. The summed E-state index contributed by atoms with van der Waals surface area (Å²) in [6.45, 7) is 0.747. The maximum Gasteiger partial charge on any atom is 0.573 e. The largest absolute Gasteiger partial charge is 0.573 e. The Morgan fingerprint density at radius 2 is 1.95 bits per heavy atom. The highest BCUT2D eigenvalue weighted by Gasteiger charge is 2.41. The van der Waals surface area contributed by atoms with E-state index in [1.54, 1.807) is 0 Å². The Labute approximate surface area is 119 Å². The van der Waals surface area contributed by atoms with Crippen LogP contribution >= 0.6 is 0 Å². The Hall–Kier alpha value is -1.60. The normalized spacial score (nSPS) is 18.3. The molecule has 1 fully saturated rings. The van der Waals surface area contributed by atoms with Gasteiger partial charge in [-0.1, -0.05) is 12.1 Å². The van der Waals surface area contributed by atoms with Crippen LogP contribution < -0.4 is 4.74 Å². The SMILES string of the molecule is COC1(C(=O)c2cccc(OC(F)(F)F)c2)CCOCC1. The lowest BCUT2D eigenvalue weighted by Crippen LogP contribution is -2.45. The molecule has 0 radical (unpaired) electrons. The van der Waals surface area contributed by atoms with Crippen molar-refractivity contribution in [3.8, 4) is 5.75 Å². The van der Waals surface area contributed by atoms with Gasteiger partial charge in [-0.3, -0.25) is 4.79 Å². The topological polar surface area (TPSA) is 44.8 Å². The first-order valence-corrected chi connectivity index (χ1v) is 6.40. The number of carbonyl (C=O) groups is 1. The van der Waals surface area contributed by atoms with Gasteiger partial charge in [-0.2, -0.15) is 0 Å². The van der Waals surface area contributed by atoms with Gasteiger partial charge in [-0.25, -0.2) is 0 Å². The summed E-state index contributed by atoms with van der Waals surface area (Å²) in [5, 5.41) is 0. The van der Waals surface area contributed by atoms with Crippen LogP contribution in [-0.4, -0.2) is 38.1 Å². The summed E-state index contributed by atoms with van der Waals surface area (Å²) in [5.74, 6) is -0.785. The van der Waals surface area contributed by atoms with Crippen molar-refractivity contribution in [3.05, 3.63) is 29.8 Å². The number of alkyl halides is 3. The first kappa shape index (κ1) is 15.8. The van der Waals surface area contributed by atoms with Crippen LogP contribution in [0.3, 0.4) is 0 Å². The molecule has 2 rings (SSSR count). The molecule has 0 N–H and O–H groups in total. The second-order valence-electron chi connectivity index (χ2n) is 4.72. The fourth-order valence-corrected chi connectivity index (χ4v) is 2.32. The van der Waals surface area contributed by atoms with Crippen LogP contribution in [0, 0.1) is 0 Å². The van der Waals surface area contributed by atoms with E-state index in [2.05, 4.69) is 4.74 Å². The summed E-state index contributed by atoms with van der Waals surface area (Å²) in [7, 11) is 1.42. The lowest BCUT2D eigenvalue weighted by Gasteiger charge is -2.34. The zero-order chi connectivity index (χ0) is 15.5. The Morgan fingerprint density at radius 1 is 1.29 bits per heavy atom. The number of benzene rings is 1. The molecule has 0 amide bonds. The molecule has 0 spiro atoms. The first-order chi connectivity index (χ1) is 9.86. The van der Waals surface area contributed by atoms with Gasteiger partial charge in [0.1, 0.15) is 11.4 Å². The van der Waals surface area contributed by atoms with E-state index in [0.29, 0.717) is 26.1 Å². The second-order valence-corrected chi connectivity index (χ2v) is 4.72. The van der Waals surface area contributed by atoms with Gasteiger partial charge in [0.15, 0.2) is 5.78 Å². The lowest BCUT2D eigenvalue weighted by molar-refractivity contribution is -0.274. The van der Waals surface area contributed by atoms with Crippen molar-refractivity contribution in [1.82, 2.24) is 0 Å². The van der Waals surface area contributed by atoms with Crippen molar-refractivity contribution in [2.75, 3.05) is 20.3 Å². The minimum Gasteiger partial charge on any atom is -0.406 e. The number of rotatable bonds is 4. The number of ether oxygens (including phenoxy) is 3. The van der Waals surface area contributed by atoms with E-state index >= 15 is 0 Å². The molecule has 0 unspecified atom stereocenters. The second kappa shape index (κ2) is 6.03. The molecule has 1 aliphatic heterocycles. The quantitative estimate of drug-likeness (QED) is 0.802.